The number of para-hydroxylation sites is 1. The summed E-state index contributed by atoms with van der Waals surface area (Å²) in [5, 5.41) is 0. The van der Waals surface area contributed by atoms with Gasteiger partial charge < -0.3 is 9.64 Å². The average molecular weight is 207 g/mol. The molecule has 0 aromatic heterocycles. The summed E-state index contributed by atoms with van der Waals surface area (Å²) in [5.41, 5.74) is 0.935. The minimum Gasteiger partial charge on any atom is -0.496 e. The molecule has 0 heterocycles. The lowest BCUT2D eigenvalue weighted by Crippen LogP contribution is -2.27. The summed E-state index contributed by atoms with van der Waals surface area (Å²) < 4.78 is 5.19. The number of carbonyl (C=O) groups is 1. The van der Waals surface area contributed by atoms with Crippen molar-refractivity contribution in [2.45, 2.75) is 13.3 Å². The Morgan fingerprint density at radius 1 is 1.40 bits per heavy atom. The molecule has 0 unspecified atom stereocenters. The lowest BCUT2D eigenvalue weighted by atomic mass is 10.1. The molecule has 15 heavy (non-hydrogen) atoms. The van der Waals surface area contributed by atoms with Crippen molar-refractivity contribution in [3.8, 4) is 5.75 Å². The van der Waals surface area contributed by atoms with Crippen LogP contribution in [0.2, 0.25) is 0 Å². The van der Waals surface area contributed by atoms with Crippen molar-refractivity contribution in [3.63, 3.8) is 0 Å². The topological polar surface area (TPSA) is 29.5 Å². The van der Waals surface area contributed by atoms with Crippen LogP contribution in [0.3, 0.4) is 0 Å². The number of carbonyl (C=O) groups excluding carboxylic acids is 1. The summed E-state index contributed by atoms with van der Waals surface area (Å²) in [4.78, 5) is 13.4. The number of rotatable bonds is 4. The highest BCUT2D eigenvalue weighted by Gasteiger charge is 2.10. The van der Waals surface area contributed by atoms with Crippen molar-refractivity contribution in [1.29, 1.82) is 0 Å². The molecule has 1 rings (SSSR count). The summed E-state index contributed by atoms with van der Waals surface area (Å²) in [6.07, 6.45) is 0.397. The highest BCUT2D eigenvalue weighted by atomic mass is 16.5. The number of hydrogen-bond donors (Lipinski definition) is 0. The molecule has 0 radical (unpaired) electrons. The van der Waals surface area contributed by atoms with E-state index < -0.39 is 0 Å². The Labute approximate surface area is 90.7 Å². The Morgan fingerprint density at radius 2 is 2.07 bits per heavy atom. The molecule has 0 atom stereocenters. The van der Waals surface area contributed by atoms with Crippen molar-refractivity contribution in [3.05, 3.63) is 29.8 Å². The third kappa shape index (κ3) is 2.98. The van der Waals surface area contributed by atoms with Crippen molar-refractivity contribution >= 4 is 5.91 Å². The molecular weight excluding hydrogens is 190 g/mol. The number of nitrogens with zero attached hydrogens (tertiary/aromatic N) is 1. The molecule has 82 valence electrons. The van der Waals surface area contributed by atoms with E-state index in [2.05, 4.69) is 0 Å². The molecule has 0 saturated heterocycles. The second-order valence-electron chi connectivity index (χ2n) is 3.40. The van der Waals surface area contributed by atoms with Crippen LogP contribution in [0.25, 0.3) is 0 Å². The van der Waals surface area contributed by atoms with Gasteiger partial charge in [-0.15, -0.1) is 0 Å². The Hall–Kier alpha value is -1.51. The maximum atomic E-state index is 11.7. The molecule has 1 aromatic rings. The predicted octanol–water partition coefficient (Wildman–Crippen LogP) is 1.72. The molecular formula is C12H17NO2. The van der Waals surface area contributed by atoms with Gasteiger partial charge in [-0.1, -0.05) is 18.2 Å². The first-order valence-electron chi connectivity index (χ1n) is 5.05. The minimum absolute atomic E-state index is 0.113. The normalized spacial score (nSPS) is 9.80. The summed E-state index contributed by atoms with van der Waals surface area (Å²) in [6.45, 7) is 2.69. The van der Waals surface area contributed by atoms with Crippen LogP contribution in [0.15, 0.2) is 24.3 Å². The number of amides is 1. The third-order valence-electron chi connectivity index (χ3n) is 2.43. The first-order valence-corrected chi connectivity index (χ1v) is 5.05. The molecule has 0 fully saturated rings. The van der Waals surface area contributed by atoms with Gasteiger partial charge in [-0.3, -0.25) is 4.79 Å². The second-order valence-corrected chi connectivity index (χ2v) is 3.40. The molecule has 0 aliphatic rings. The second kappa shape index (κ2) is 5.39. The highest BCUT2D eigenvalue weighted by molar-refractivity contribution is 5.79. The largest absolute Gasteiger partial charge is 0.496 e. The quantitative estimate of drug-likeness (QED) is 0.752. The standard InChI is InChI=1S/C12H17NO2/c1-4-13(2)12(14)9-10-7-5-6-8-11(10)15-3/h5-8H,4,9H2,1-3H3. The van der Waals surface area contributed by atoms with E-state index in [1.54, 1.807) is 19.1 Å². The zero-order valence-electron chi connectivity index (χ0n) is 9.49. The van der Waals surface area contributed by atoms with Crippen LogP contribution in [-0.4, -0.2) is 31.5 Å². The lowest BCUT2D eigenvalue weighted by Gasteiger charge is -2.15. The lowest BCUT2D eigenvalue weighted by molar-refractivity contribution is -0.129. The minimum atomic E-state index is 0.113. The monoisotopic (exact) mass is 207 g/mol. The fourth-order valence-electron chi connectivity index (χ4n) is 1.32. The number of methoxy groups -OCH3 is 1. The van der Waals surface area contributed by atoms with Gasteiger partial charge in [0.2, 0.25) is 5.91 Å². The Bertz CT molecular complexity index is 336. The molecule has 0 bridgehead atoms. The van der Waals surface area contributed by atoms with Gasteiger partial charge in [0.1, 0.15) is 5.75 Å². The van der Waals surface area contributed by atoms with Crippen molar-refractivity contribution < 1.29 is 9.53 Å². The molecule has 0 aliphatic heterocycles. The maximum Gasteiger partial charge on any atom is 0.226 e. The van der Waals surface area contributed by atoms with E-state index in [4.69, 9.17) is 4.74 Å². The van der Waals surface area contributed by atoms with Crippen LogP contribution in [-0.2, 0) is 11.2 Å². The SMILES string of the molecule is CCN(C)C(=O)Cc1ccccc1OC. The molecule has 3 nitrogen and oxygen atoms in total. The van der Waals surface area contributed by atoms with Crippen LogP contribution in [0.1, 0.15) is 12.5 Å². The van der Waals surface area contributed by atoms with Gasteiger partial charge in [-0.2, -0.15) is 0 Å². The Morgan fingerprint density at radius 3 is 2.67 bits per heavy atom. The van der Waals surface area contributed by atoms with Crippen LogP contribution in [0.5, 0.6) is 5.75 Å². The molecule has 0 N–H and O–H groups in total. The maximum absolute atomic E-state index is 11.7. The van der Waals surface area contributed by atoms with Crippen molar-refractivity contribution in [2.24, 2.45) is 0 Å². The predicted molar refractivity (Wildman–Crippen MR) is 60.0 cm³/mol. The van der Waals surface area contributed by atoms with Crippen LogP contribution in [0, 0.1) is 0 Å². The Balaban J connectivity index is 2.76. The summed E-state index contributed by atoms with van der Waals surface area (Å²) in [7, 11) is 3.42. The van der Waals surface area contributed by atoms with Crippen LogP contribution >= 0.6 is 0 Å². The number of ether oxygens (including phenoxy) is 1. The van der Waals surface area contributed by atoms with Gasteiger partial charge in [0.15, 0.2) is 0 Å². The van der Waals surface area contributed by atoms with E-state index in [9.17, 15) is 4.79 Å². The third-order valence-corrected chi connectivity index (χ3v) is 2.43. The zero-order chi connectivity index (χ0) is 11.3. The zero-order valence-corrected chi connectivity index (χ0v) is 9.49. The molecule has 0 saturated carbocycles. The number of likely N-dealkylation sites (N-methyl/N-ethyl adjacent to an activating group) is 1. The number of benzene rings is 1. The van der Waals surface area contributed by atoms with Gasteiger partial charge in [0.05, 0.1) is 13.5 Å². The first kappa shape index (κ1) is 11.6. The fourth-order valence-corrected chi connectivity index (χ4v) is 1.32. The van der Waals surface area contributed by atoms with Crippen LogP contribution < -0.4 is 4.74 Å². The van der Waals surface area contributed by atoms with Crippen molar-refractivity contribution in [2.75, 3.05) is 20.7 Å². The molecule has 0 spiro atoms. The Kier molecular flexibility index (Phi) is 4.16. The smallest absolute Gasteiger partial charge is 0.226 e. The summed E-state index contributed by atoms with van der Waals surface area (Å²) >= 11 is 0. The average Bonchev–Trinajstić information content (AvgIpc) is 2.28. The van der Waals surface area contributed by atoms with Gasteiger partial charge in [-0.05, 0) is 13.0 Å². The molecule has 1 amide bonds. The van der Waals surface area contributed by atoms with E-state index >= 15 is 0 Å². The van der Waals surface area contributed by atoms with E-state index in [0.717, 1.165) is 17.9 Å². The molecule has 1 aromatic carbocycles. The summed E-state index contributed by atoms with van der Waals surface area (Å²) in [6, 6.07) is 7.60. The summed E-state index contributed by atoms with van der Waals surface area (Å²) in [5.74, 6) is 0.886. The fraction of sp³-hybridized carbons (Fsp3) is 0.417. The van der Waals surface area contributed by atoms with E-state index in [1.165, 1.54) is 0 Å². The van der Waals surface area contributed by atoms with E-state index in [0.29, 0.717) is 6.42 Å². The molecule has 3 heteroatoms. The molecule has 0 aliphatic carbocycles. The van der Waals surface area contributed by atoms with Gasteiger partial charge in [0.25, 0.3) is 0 Å². The first-order chi connectivity index (χ1) is 7.19. The van der Waals surface area contributed by atoms with Gasteiger partial charge in [-0.25, -0.2) is 0 Å². The van der Waals surface area contributed by atoms with Crippen molar-refractivity contribution in [1.82, 2.24) is 4.90 Å². The van der Waals surface area contributed by atoms with E-state index in [1.807, 2.05) is 31.2 Å². The van der Waals surface area contributed by atoms with Gasteiger partial charge >= 0.3 is 0 Å². The van der Waals surface area contributed by atoms with E-state index in [-0.39, 0.29) is 5.91 Å². The highest BCUT2D eigenvalue weighted by Crippen LogP contribution is 2.18. The van der Waals surface area contributed by atoms with Crippen LogP contribution in [0.4, 0.5) is 0 Å². The van der Waals surface area contributed by atoms with Gasteiger partial charge in [0, 0.05) is 19.2 Å². The number of hydrogen-bond acceptors (Lipinski definition) is 2.